The van der Waals surface area contributed by atoms with Crippen LogP contribution in [0.25, 0.3) is 0 Å². The number of nitrogens with zero attached hydrogens (tertiary/aromatic N) is 2. The van der Waals surface area contributed by atoms with Gasteiger partial charge in [0.15, 0.2) is 0 Å². The Morgan fingerprint density at radius 3 is 2.74 bits per heavy atom. The van der Waals surface area contributed by atoms with E-state index in [9.17, 15) is 0 Å². The van der Waals surface area contributed by atoms with Crippen molar-refractivity contribution in [2.24, 2.45) is 0 Å². The van der Waals surface area contributed by atoms with Gasteiger partial charge in [-0.3, -0.25) is 0 Å². The molecule has 3 N–H and O–H groups in total. The lowest BCUT2D eigenvalue weighted by Gasteiger charge is -2.17. The maximum absolute atomic E-state index is 6.17. The predicted octanol–water partition coefficient (Wildman–Crippen LogP) is 4.30. The Balaban J connectivity index is 2.25. The summed E-state index contributed by atoms with van der Waals surface area (Å²) in [4.78, 5) is 8.02. The van der Waals surface area contributed by atoms with Crippen LogP contribution in [0.15, 0.2) is 29.0 Å². The van der Waals surface area contributed by atoms with Gasteiger partial charge in [0.2, 0.25) is 0 Å². The number of nitrogens with two attached hydrogens (primary N) is 1. The fraction of sp³-hybridized carbons (Fsp3) is 0.167. The van der Waals surface area contributed by atoms with E-state index in [1.54, 1.807) is 12.1 Å². The number of nitrogens with one attached hydrogen (secondary N) is 1. The van der Waals surface area contributed by atoms with E-state index in [2.05, 4.69) is 31.2 Å². The third kappa shape index (κ3) is 3.29. The summed E-state index contributed by atoms with van der Waals surface area (Å²) in [5, 5.41) is 4.43. The van der Waals surface area contributed by atoms with Gasteiger partial charge in [-0.1, -0.05) is 29.3 Å². The Morgan fingerprint density at radius 2 is 2.05 bits per heavy atom. The highest BCUT2D eigenvalue weighted by molar-refractivity contribution is 9.10. The van der Waals surface area contributed by atoms with Crippen LogP contribution in [0.1, 0.15) is 18.5 Å². The third-order valence-electron chi connectivity index (χ3n) is 2.60. The number of hydrogen-bond donors (Lipinski definition) is 2. The van der Waals surface area contributed by atoms with E-state index in [4.69, 9.17) is 28.9 Å². The van der Waals surface area contributed by atoms with Crippen LogP contribution in [0.5, 0.6) is 0 Å². The molecule has 7 heteroatoms. The number of aromatic nitrogens is 2. The minimum atomic E-state index is -0.0460. The first-order valence-electron chi connectivity index (χ1n) is 5.46. The van der Waals surface area contributed by atoms with Crippen LogP contribution in [0, 0.1) is 0 Å². The van der Waals surface area contributed by atoms with Gasteiger partial charge in [-0.25, -0.2) is 9.97 Å². The van der Waals surface area contributed by atoms with Gasteiger partial charge >= 0.3 is 0 Å². The van der Waals surface area contributed by atoms with E-state index in [0.717, 1.165) is 5.56 Å². The highest BCUT2D eigenvalue weighted by Gasteiger charge is 2.13. The van der Waals surface area contributed by atoms with Gasteiger partial charge in [-0.05, 0) is 40.5 Å². The molecular weight excluding hydrogens is 351 g/mol. The van der Waals surface area contributed by atoms with E-state index < -0.39 is 0 Å². The van der Waals surface area contributed by atoms with Crippen molar-refractivity contribution in [3.05, 3.63) is 44.6 Å². The second-order valence-corrected chi connectivity index (χ2v) is 5.59. The molecule has 0 saturated heterocycles. The van der Waals surface area contributed by atoms with Gasteiger partial charge in [0.1, 0.15) is 22.4 Å². The van der Waals surface area contributed by atoms with Crippen LogP contribution in [0.3, 0.4) is 0 Å². The molecule has 1 unspecified atom stereocenters. The van der Waals surface area contributed by atoms with Crippen molar-refractivity contribution < 1.29 is 0 Å². The van der Waals surface area contributed by atoms with Gasteiger partial charge in [0.25, 0.3) is 0 Å². The molecule has 0 aliphatic heterocycles. The van der Waals surface area contributed by atoms with Gasteiger partial charge in [-0.2, -0.15) is 0 Å². The van der Waals surface area contributed by atoms with Crippen LogP contribution in [-0.4, -0.2) is 9.97 Å². The quantitative estimate of drug-likeness (QED) is 0.855. The zero-order valence-electron chi connectivity index (χ0n) is 9.99. The largest absolute Gasteiger partial charge is 0.383 e. The minimum absolute atomic E-state index is 0.0460. The summed E-state index contributed by atoms with van der Waals surface area (Å²) in [6.07, 6.45) is 1.40. The first-order valence-corrected chi connectivity index (χ1v) is 7.01. The summed E-state index contributed by atoms with van der Waals surface area (Å²) in [5.41, 5.74) is 6.63. The monoisotopic (exact) mass is 360 g/mol. The van der Waals surface area contributed by atoms with E-state index in [-0.39, 0.29) is 6.04 Å². The van der Waals surface area contributed by atoms with Crippen molar-refractivity contribution in [3.63, 3.8) is 0 Å². The Hall–Kier alpha value is -1.04. The van der Waals surface area contributed by atoms with Crippen molar-refractivity contribution in [1.29, 1.82) is 0 Å². The molecule has 0 radical (unpaired) electrons. The number of anilines is 2. The molecule has 0 aliphatic carbocycles. The fourth-order valence-electron chi connectivity index (χ4n) is 1.62. The van der Waals surface area contributed by atoms with E-state index in [0.29, 0.717) is 26.2 Å². The summed E-state index contributed by atoms with van der Waals surface area (Å²) < 4.78 is 0.631. The van der Waals surface area contributed by atoms with Gasteiger partial charge in [0, 0.05) is 10.0 Å². The molecule has 0 spiro atoms. The van der Waals surface area contributed by atoms with Crippen molar-refractivity contribution >= 4 is 50.8 Å². The average molecular weight is 362 g/mol. The fourth-order valence-corrected chi connectivity index (χ4v) is 2.51. The highest BCUT2D eigenvalue weighted by atomic mass is 79.9. The molecule has 1 aromatic carbocycles. The SMILES string of the molecule is CC(Nc1ncnc(N)c1Br)c1ccc(Cl)cc1Cl. The molecule has 0 bridgehead atoms. The van der Waals surface area contributed by atoms with Crippen molar-refractivity contribution in [3.8, 4) is 0 Å². The summed E-state index contributed by atoms with van der Waals surface area (Å²) in [7, 11) is 0. The summed E-state index contributed by atoms with van der Waals surface area (Å²) in [6.45, 7) is 1.97. The molecule has 2 aromatic rings. The molecule has 0 amide bonds. The van der Waals surface area contributed by atoms with E-state index >= 15 is 0 Å². The first kappa shape index (κ1) is 14.4. The highest BCUT2D eigenvalue weighted by Crippen LogP contribution is 2.31. The van der Waals surface area contributed by atoms with Gasteiger partial charge in [-0.15, -0.1) is 0 Å². The Morgan fingerprint density at radius 1 is 1.32 bits per heavy atom. The predicted molar refractivity (Wildman–Crippen MR) is 82.6 cm³/mol. The van der Waals surface area contributed by atoms with Crippen LogP contribution in [-0.2, 0) is 0 Å². The average Bonchev–Trinajstić information content (AvgIpc) is 2.34. The lowest BCUT2D eigenvalue weighted by molar-refractivity contribution is 0.870. The molecule has 2 rings (SSSR count). The molecule has 1 heterocycles. The Kier molecular flexibility index (Phi) is 4.50. The minimum Gasteiger partial charge on any atom is -0.383 e. The number of nitrogen functional groups attached to an aromatic ring is 1. The molecule has 0 fully saturated rings. The van der Waals surface area contributed by atoms with Crippen LogP contribution in [0.2, 0.25) is 10.0 Å². The molecule has 0 saturated carbocycles. The van der Waals surface area contributed by atoms with Crippen molar-refractivity contribution in [1.82, 2.24) is 9.97 Å². The summed E-state index contributed by atoms with van der Waals surface area (Å²) in [6, 6.07) is 5.33. The molecular formula is C12H11BrCl2N4. The van der Waals surface area contributed by atoms with E-state index in [1.807, 2.05) is 13.0 Å². The van der Waals surface area contributed by atoms with Crippen molar-refractivity contribution in [2.75, 3.05) is 11.1 Å². The molecule has 0 aliphatic rings. The zero-order valence-corrected chi connectivity index (χ0v) is 13.1. The first-order chi connectivity index (χ1) is 8.99. The second-order valence-electron chi connectivity index (χ2n) is 3.95. The van der Waals surface area contributed by atoms with Crippen LogP contribution >= 0.6 is 39.1 Å². The lowest BCUT2D eigenvalue weighted by atomic mass is 10.1. The van der Waals surface area contributed by atoms with Crippen LogP contribution in [0.4, 0.5) is 11.6 Å². The topological polar surface area (TPSA) is 63.8 Å². The maximum atomic E-state index is 6.17. The van der Waals surface area contributed by atoms with Gasteiger partial charge in [0.05, 0.1) is 6.04 Å². The zero-order chi connectivity index (χ0) is 14.0. The number of hydrogen-bond acceptors (Lipinski definition) is 4. The molecule has 4 nitrogen and oxygen atoms in total. The second kappa shape index (κ2) is 5.94. The third-order valence-corrected chi connectivity index (χ3v) is 3.94. The summed E-state index contributed by atoms with van der Waals surface area (Å²) >= 11 is 15.4. The molecule has 1 aromatic heterocycles. The van der Waals surface area contributed by atoms with Crippen molar-refractivity contribution in [2.45, 2.75) is 13.0 Å². The lowest BCUT2D eigenvalue weighted by Crippen LogP contribution is -2.10. The smallest absolute Gasteiger partial charge is 0.146 e. The normalized spacial score (nSPS) is 12.2. The molecule has 100 valence electrons. The molecule has 1 atom stereocenters. The maximum Gasteiger partial charge on any atom is 0.146 e. The van der Waals surface area contributed by atoms with Crippen LogP contribution < -0.4 is 11.1 Å². The Bertz CT molecular complexity index is 606. The number of halogens is 3. The summed E-state index contributed by atoms with van der Waals surface area (Å²) in [5.74, 6) is 0.998. The standard InChI is InChI=1S/C12H11BrCl2N4/c1-6(8-3-2-7(14)4-9(8)15)19-12-10(13)11(16)17-5-18-12/h2-6H,1H3,(H3,16,17,18,19). The van der Waals surface area contributed by atoms with E-state index in [1.165, 1.54) is 6.33 Å². The number of rotatable bonds is 3. The number of benzene rings is 1. The molecule has 19 heavy (non-hydrogen) atoms. The van der Waals surface area contributed by atoms with Gasteiger partial charge < -0.3 is 11.1 Å². The Labute approximate surface area is 129 Å².